The first-order chi connectivity index (χ1) is 15.5. The number of amides is 2. The second-order valence-corrected chi connectivity index (χ2v) is 7.27. The second-order valence-electron chi connectivity index (χ2n) is 7.27. The zero-order chi connectivity index (χ0) is 22.9. The summed E-state index contributed by atoms with van der Waals surface area (Å²) < 4.78 is 16.3. The number of fused-ring (bicyclic) bond motifs is 1. The molecule has 168 valence electrons. The van der Waals surface area contributed by atoms with Crippen LogP contribution in [0.3, 0.4) is 0 Å². The molecule has 32 heavy (non-hydrogen) atoms. The van der Waals surface area contributed by atoms with E-state index in [1.165, 1.54) is 6.08 Å². The molecule has 7 heteroatoms. The number of rotatable bonds is 11. The molecule has 2 aromatic carbocycles. The van der Waals surface area contributed by atoms with Crippen LogP contribution in [0.15, 0.2) is 48.5 Å². The topological polar surface area (TPSA) is 82.1 Å². The minimum absolute atomic E-state index is 0.00379. The van der Waals surface area contributed by atoms with Crippen molar-refractivity contribution in [3.05, 3.63) is 65.2 Å². The molecule has 1 heterocycles. The van der Waals surface area contributed by atoms with Crippen molar-refractivity contribution in [2.45, 2.75) is 26.2 Å². The lowest BCUT2D eigenvalue weighted by atomic mass is 10.1. The fourth-order valence-corrected chi connectivity index (χ4v) is 3.33. The van der Waals surface area contributed by atoms with Gasteiger partial charge in [-0.05, 0) is 42.3 Å². The number of imide groups is 1. The van der Waals surface area contributed by atoms with Crippen LogP contribution in [0.5, 0.6) is 11.5 Å². The van der Waals surface area contributed by atoms with Gasteiger partial charge in [-0.1, -0.05) is 38.0 Å². The summed E-state index contributed by atoms with van der Waals surface area (Å²) in [6.07, 6.45) is 6.11. The molecule has 0 radical (unpaired) electrons. The van der Waals surface area contributed by atoms with Crippen LogP contribution in [0.1, 0.15) is 52.5 Å². The van der Waals surface area contributed by atoms with Crippen molar-refractivity contribution < 1.29 is 28.6 Å². The molecule has 0 atom stereocenters. The second kappa shape index (κ2) is 11.1. The summed E-state index contributed by atoms with van der Waals surface area (Å²) in [6.45, 7) is 2.68. The summed E-state index contributed by atoms with van der Waals surface area (Å²) >= 11 is 0. The molecular formula is C25H27NO6. The quantitative estimate of drug-likeness (QED) is 0.228. The Bertz CT molecular complexity index is 978. The number of carbonyl (C=O) groups excluding carboxylic acids is 3. The van der Waals surface area contributed by atoms with Gasteiger partial charge < -0.3 is 14.2 Å². The van der Waals surface area contributed by atoms with Gasteiger partial charge in [0.2, 0.25) is 0 Å². The number of carbonyl (C=O) groups is 3. The number of hydrogen-bond donors (Lipinski definition) is 0. The normalized spacial score (nSPS) is 12.9. The zero-order valence-corrected chi connectivity index (χ0v) is 18.3. The third-order valence-corrected chi connectivity index (χ3v) is 5.04. The minimum Gasteiger partial charge on any atom is -0.493 e. The first kappa shape index (κ1) is 23.1. The van der Waals surface area contributed by atoms with Gasteiger partial charge in [0.05, 0.1) is 31.4 Å². The molecule has 0 saturated heterocycles. The molecule has 0 fully saturated rings. The Balaban J connectivity index is 1.49. The average Bonchev–Trinajstić information content (AvgIpc) is 3.06. The van der Waals surface area contributed by atoms with Crippen LogP contribution in [0.25, 0.3) is 6.08 Å². The smallest absolute Gasteiger partial charge is 0.330 e. The predicted octanol–water partition coefficient (Wildman–Crippen LogP) is 4.12. The summed E-state index contributed by atoms with van der Waals surface area (Å²) in [5.74, 6) is -0.0741. The van der Waals surface area contributed by atoms with Gasteiger partial charge in [0.15, 0.2) is 11.5 Å². The number of ether oxygens (including phenoxy) is 3. The lowest BCUT2D eigenvalue weighted by Crippen LogP contribution is -2.33. The molecular weight excluding hydrogens is 410 g/mol. The highest BCUT2D eigenvalue weighted by Gasteiger charge is 2.34. The number of methoxy groups -OCH3 is 1. The number of benzene rings is 2. The third kappa shape index (κ3) is 5.55. The molecule has 1 aliphatic rings. The van der Waals surface area contributed by atoms with Crippen molar-refractivity contribution in [1.29, 1.82) is 0 Å². The van der Waals surface area contributed by atoms with E-state index in [0.717, 1.165) is 29.7 Å². The fraction of sp³-hybridized carbons (Fsp3) is 0.320. The van der Waals surface area contributed by atoms with Crippen LogP contribution in [-0.4, -0.2) is 49.6 Å². The molecule has 0 saturated carbocycles. The van der Waals surface area contributed by atoms with Gasteiger partial charge in [-0.3, -0.25) is 14.5 Å². The fourth-order valence-electron chi connectivity index (χ4n) is 3.33. The summed E-state index contributed by atoms with van der Waals surface area (Å²) in [4.78, 5) is 37.7. The summed E-state index contributed by atoms with van der Waals surface area (Å²) in [5.41, 5.74) is 1.49. The van der Waals surface area contributed by atoms with Crippen molar-refractivity contribution in [2.24, 2.45) is 0 Å². The lowest BCUT2D eigenvalue weighted by molar-refractivity contribution is -0.137. The van der Waals surface area contributed by atoms with Gasteiger partial charge in [0.1, 0.15) is 6.61 Å². The first-order valence-electron chi connectivity index (χ1n) is 10.7. The molecule has 0 spiro atoms. The first-order valence-corrected chi connectivity index (χ1v) is 10.7. The highest BCUT2D eigenvalue weighted by atomic mass is 16.5. The monoisotopic (exact) mass is 437 g/mol. The van der Waals surface area contributed by atoms with E-state index in [4.69, 9.17) is 14.2 Å². The molecule has 0 N–H and O–H groups in total. The molecule has 1 aliphatic heterocycles. The molecule has 0 unspecified atom stereocenters. The summed E-state index contributed by atoms with van der Waals surface area (Å²) in [7, 11) is 1.56. The molecule has 3 rings (SSSR count). The predicted molar refractivity (Wildman–Crippen MR) is 120 cm³/mol. The lowest BCUT2D eigenvalue weighted by Gasteiger charge is -2.13. The van der Waals surface area contributed by atoms with Crippen molar-refractivity contribution in [1.82, 2.24) is 4.90 Å². The van der Waals surface area contributed by atoms with E-state index in [1.54, 1.807) is 49.6 Å². The van der Waals surface area contributed by atoms with Gasteiger partial charge in [-0.25, -0.2) is 4.79 Å². The van der Waals surface area contributed by atoms with Crippen LogP contribution < -0.4 is 9.47 Å². The molecule has 7 nitrogen and oxygen atoms in total. The van der Waals surface area contributed by atoms with Crippen molar-refractivity contribution in [3.8, 4) is 11.5 Å². The van der Waals surface area contributed by atoms with Crippen LogP contribution in [0.4, 0.5) is 0 Å². The van der Waals surface area contributed by atoms with Gasteiger partial charge >= 0.3 is 5.97 Å². The van der Waals surface area contributed by atoms with Gasteiger partial charge in [0.25, 0.3) is 11.8 Å². The van der Waals surface area contributed by atoms with E-state index in [9.17, 15) is 14.4 Å². The maximum Gasteiger partial charge on any atom is 0.330 e. The Kier molecular flexibility index (Phi) is 8.02. The van der Waals surface area contributed by atoms with E-state index < -0.39 is 5.97 Å². The van der Waals surface area contributed by atoms with Crippen LogP contribution in [-0.2, 0) is 9.53 Å². The van der Waals surface area contributed by atoms with Crippen LogP contribution >= 0.6 is 0 Å². The molecule has 0 aromatic heterocycles. The Hall–Kier alpha value is -3.61. The number of esters is 1. The maximum atomic E-state index is 12.3. The summed E-state index contributed by atoms with van der Waals surface area (Å²) in [5, 5.41) is 0. The largest absolute Gasteiger partial charge is 0.493 e. The van der Waals surface area contributed by atoms with Gasteiger partial charge in [-0.15, -0.1) is 0 Å². The van der Waals surface area contributed by atoms with E-state index in [0.29, 0.717) is 29.2 Å². The Morgan fingerprint density at radius 2 is 1.69 bits per heavy atom. The van der Waals surface area contributed by atoms with Crippen molar-refractivity contribution >= 4 is 23.9 Å². The number of nitrogens with zero attached hydrogens (tertiary/aromatic N) is 1. The number of unbranched alkanes of at least 4 members (excludes halogenated alkanes) is 2. The maximum absolute atomic E-state index is 12.3. The van der Waals surface area contributed by atoms with E-state index in [-0.39, 0.29) is 25.0 Å². The third-order valence-electron chi connectivity index (χ3n) is 5.04. The Labute approximate surface area is 187 Å². The number of hydrogen-bond acceptors (Lipinski definition) is 6. The van der Waals surface area contributed by atoms with Crippen LogP contribution in [0.2, 0.25) is 0 Å². The molecule has 2 aromatic rings. The zero-order valence-electron chi connectivity index (χ0n) is 18.3. The Morgan fingerprint density at radius 3 is 2.34 bits per heavy atom. The van der Waals surface area contributed by atoms with Gasteiger partial charge in [-0.2, -0.15) is 0 Å². The SMILES string of the molecule is CCCCCOc1ccc(/C=C/C(=O)OCCN2C(=O)c3ccccc3C2=O)cc1OC. The molecule has 0 bridgehead atoms. The molecule has 0 aliphatic carbocycles. The van der Waals surface area contributed by atoms with Crippen molar-refractivity contribution in [3.63, 3.8) is 0 Å². The van der Waals surface area contributed by atoms with E-state index in [2.05, 4.69) is 6.92 Å². The Morgan fingerprint density at radius 1 is 0.969 bits per heavy atom. The van der Waals surface area contributed by atoms with Gasteiger partial charge in [0, 0.05) is 6.08 Å². The summed E-state index contributed by atoms with van der Waals surface area (Å²) in [6, 6.07) is 12.0. The van der Waals surface area contributed by atoms with E-state index in [1.807, 2.05) is 6.07 Å². The highest BCUT2D eigenvalue weighted by Crippen LogP contribution is 2.29. The molecule has 2 amide bonds. The highest BCUT2D eigenvalue weighted by molar-refractivity contribution is 6.21. The average molecular weight is 437 g/mol. The van der Waals surface area contributed by atoms with E-state index >= 15 is 0 Å². The van der Waals surface area contributed by atoms with Crippen molar-refractivity contribution in [2.75, 3.05) is 26.9 Å². The van der Waals surface area contributed by atoms with Crippen LogP contribution in [0, 0.1) is 0 Å². The standard InChI is InChI=1S/C25H27NO6/c1-3-4-7-15-31-21-12-10-18(17-22(21)30-2)11-13-23(27)32-16-14-26-24(28)19-8-5-6-9-20(19)25(26)29/h5-6,8-13,17H,3-4,7,14-16H2,1-2H3/b13-11+. The minimum atomic E-state index is -0.569.